The van der Waals surface area contributed by atoms with Gasteiger partial charge in [0.25, 0.3) is 5.69 Å². The average molecular weight is 524 g/mol. The molecule has 3 aromatic rings. The molecular weight excluding hydrogens is 502 g/mol. The molecular formula is C20H22N4O9P2. The third-order valence-corrected chi connectivity index (χ3v) is 5.74. The van der Waals surface area contributed by atoms with Crippen molar-refractivity contribution in [3.05, 3.63) is 70.8 Å². The Balaban J connectivity index is 1.77. The molecule has 0 bridgehead atoms. The standard InChI is InChI=1S/C20H22N4O9P2/c25-24(26)20-10-9-19(17-3-1-2-4-18(17)20)22-21-15-5-7-16(8-6-15)23(11-13-32-34(27)28)12-14-33-35(29,30)31/h1-10,34H,11-14H2,(H,27,28)(H2,29,30,31)/b22-21+. The molecule has 35 heavy (non-hydrogen) atoms. The van der Waals surface area contributed by atoms with Gasteiger partial charge in [0.2, 0.25) is 0 Å². The van der Waals surface area contributed by atoms with Crippen molar-refractivity contribution >= 4 is 49.6 Å². The van der Waals surface area contributed by atoms with Crippen LogP contribution in [0.3, 0.4) is 0 Å². The molecule has 0 amide bonds. The minimum atomic E-state index is -4.64. The fraction of sp³-hybridized carbons (Fsp3) is 0.200. The predicted octanol–water partition coefficient (Wildman–Crippen LogP) is 4.48. The van der Waals surface area contributed by atoms with Crippen LogP contribution in [-0.4, -0.2) is 45.9 Å². The summed E-state index contributed by atoms with van der Waals surface area (Å²) in [5, 5.41) is 20.7. The summed E-state index contributed by atoms with van der Waals surface area (Å²) in [7, 11) is -7.75. The number of azo groups is 1. The summed E-state index contributed by atoms with van der Waals surface area (Å²) in [6, 6.07) is 16.4. The fourth-order valence-corrected chi connectivity index (χ4v) is 3.82. The van der Waals surface area contributed by atoms with Crippen molar-refractivity contribution in [3.63, 3.8) is 0 Å². The molecule has 0 saturated carbocycles. The van der Waals surface area contributed by atoms with Crippen LogP contribution in [0.25, 0.3) is 10.8 Å². The van der Waals surface area contributed by atoms with E-state index in [0.717, 1.165) is 0 Å². The summed E-state index contributed by atoms with van der Waals surface area (Å²) < 4.78 is 30.9. The van der Waals surface area contributed by atoms with Crippen LogP contribution in [0.15, 0.2) is 70.9 Å². The number of nitro groups is 1. The zero-order valence-corrected chi connectivity index (χ0v) is 20.0. The number of phosphoric ester groups is 1. The van der Waals surface area contributed by atoms with Crippen LogP contribution in [0.1, 0.15) is 0 Å². The largest absolute Gasteiger partial charge is 0.469 e. The van der Waals surface area contributed by atoms with E-state index in [1.165, 1.54) is 12.1 Å². The van der Waals surface area contributed by atoms with Gasteiger partial charge >= 0.3 is 16.1 Å². The Morgan fingerprint density at radius 2 is 1.63 bits per heavy atom. The fourth-order valence-electron chi connectivity index (χ4n) is 3.24. The number of hydrogen-bond acceptors (Lipinski definition) is 9. The topological polar surface area (TPSA) is 184 Å². The van der Waals surface area contributed by atoms with Gasteiger partial charge in [-0.25, -0.2) is 4.57 Å². The third-order valence-electron chi connectivity index (χ3n) is 4.77. The van der Waals surface area contributed by atoms with Crippen LogP contribution in [-0.2, 0) is 18.2 Å². The first-order chi connectivity index (χ1) is 16.6. The van der Waals surface area contributed by atoms with Crippen molar-refractivity contribution < 1.29 is 37.8 Å². The van der Waals surface area contributed by atoms with Crippen LogP contribution in [0.5, 0.6) is 0 Å². The summed E-state index contributed by atoms with van der Waals surface area (Å²) in [4.78, 5) is 39.0. The maximum atomic E-state index is 11.3. The molecule has 0 heterocycles. The van der Waals surface area contributed by atoms with Gasteiger partial charge < -0.3 is 24.1 Å². The number of nitrogens with zero attached hydrogens (tertiary/aromatic N) is 4. The third kappa shape index (κ3) is 8.01. The lowest BCUT2D eigenvalue weighted by Gasteiger charge is -2.24. The Morgan fingerprint density at radius 1 is 0.971 bits per heavy atom. The van der Waals surface area contributed by atoms with Crippen molar-refractivity contribution in [1.82, 2.24) is 0 Å². The van der Waals surface area contributed by atoms with Crippen molar-refractivity contribution in [2.24, 2.45) is 10.2 Å². The molecule has 3 N–H and O–H groups in total. The summed E-state index contributed by atoms with van der Waals surface area (Å²) in [5.41, 5.74) is 1.55. The molecule has 1 atom stereocenters. The Bertz CT molecular complexity index is 1280. The monoisotopic (exact) mass is 524 g/mol. The second kappa shape index (κ2) is 12.1. The second-order valence-corrected chi connectivity index (χ2v) is 9.11. The Kier molecular flexibility index (Phi) is 9.19. The summed E-state index contributed by atoms with van der Waals surface area (Å²) in [6.07, 6.45) is 0. The van der Waals surface area contributed by atoms with Crippen LogP contribution >= 0.6 is 16.1 Å². The zero-order chi connectivity index (χ0) is 25.4. The summed E-state index contributed by atoms with van der Waals surface area (Å²) in [5.74, 6) is 0. The molecule has 13 nitrogen and oxygen atoms in total. The minimum Gasteiger partial charge on any atom is -0.367 e. The highest BCUT2D eigenvalue weighted by atomic mass is 31.2. The van der Waals surface area contributed by atoms with Gasteiger partial charge in [-0.1, -0.05) is 18.2 Å². The lowest BCUT2D eigenvalue weighted by molar-refractivity contribution is -0.383. The van der Waals surface area contributed by atoms with Crippen molar-refractivity contribution in [2.45, 2.75) is 0 Å². The van der Waals surface area contributed by atoms with E-state index in [2.05, 4.69) is 14.8 Å². The van der Waals surface area contributed by atoms with E-state index in [1.54, 1.807) is 53.4 Å². The number of nitro benzene ring substituents is 1. The van der Waals surface area contributed by atoms with Gasteiger partial charge in [-0.3, -0.25) is 19.2 Å². The zero-order valence-electron chi connectivity index (χ0n) is 18.1. The van der Waals surface area contributed by atoms with Crippen molar-refractivity contribution in [1.29, 1.82) is 0 Å². The Morgan fingerprint density at radius 3 is 2.26 bits per heavy atom. The maximum absolute atomic E-state index is 11.3. The number of rotatable bonds is 12. The van der Waals surface area contributed by atoms with Crippen molar-refractivity contribution in [2.75, 3.05) is 31.2 Å². The van der Waals surface area contributed by atoms with Gasteiger partial charge in [0.15, 0.2) is 0 Å². The van der Waals surface area contributed by atoms with Crippen LogP contribution in [0, 0.1) is 10.1 Å². The second-order valence-electron chi connectivity index (χ2n) is 7.05. The predicted molar refractivity (Wildman–Crippen MR) is 129 cm³/mol. The van der Waals surface area contributed by atoms with Crippen molar-refractivity contribution in [3.8, 4) is 0 Å². The maximum Gasteiger partial charge on any atom is 0.469 e. The molecule has 186 valence electrons. The average Bonchev–Trinajstić information content (AvgIpc) is 2.81. The summed E-state index contributed by atoms with van der Waals surface area (Å²) >= 11 is 0. The molecule has 0 aliphatic heterocycles. The first-order valence-electron chi connectivity index (χ1n) is 10.1. The van der Waals surface area contributed by atoms with Crippen LogP contribution in [0.4, 0.5) is 22.7 Å². The van der Waals surface area contributed by atoms with E-state index >= 15 is 0 Å². The number of non-ortho nitro benzene ring substituents is 1. The Labute approximate surface area is 200 Å². The molecule has 0 spiro atoms. The molecule has 15 heteroatoms. The first kappa shape index (κ1) is 26.6. The summed E-state index contributed by atoms with van der Waals surface area (Å²) in [6.45, 7) is -0.125. The molecule has 3 aromatic carbocycles. The number of phosphoric acid groups is 1. The van der Waals surface area contributed by atoms with Gasteiger partial charge in [-0.2, -0.15) is 5.11 Å². The SMILES string of the molecule is O=[N+]([O-])c1ccc(/N=N/c2ccc(N(CCO[PH](=O)O)CCOP(=O)(O)O)cc2)c2ccccc12. The van der Waals surface area contributed by atoms with E-state index in [1.807, 2.05) is 0 Å². The van der Waals surface area contributed by atoms with Crippen LogP contribution < -0.4 is 4.90 Å². The van der Waals surface area contributed by atoms with Crippen LogP contribution in [0.2, 0.25) is 0 Å². The van der Waals surface area contributed by atoms with E-state index in [4.69, 9.17) is 19.2 Å². The number of fused-ring (bicyclic) bond motifs is 1. The number of anilines is 1. The smallest absolute Gasteiger partial charge is 0.367 e. The molecule has 3 rings (SSSR count). The van der Waals surface area contributed by atoms with Gasteiger partial charge in [0, 0.05) is 30.2 Å². The minimum absolute atomic E-state index is 0.0258. The molecule has 0 fully saturated rings. The highest BCUT2D eigenvalue weighted by Crippen LogP contribution is 2.36. The molecule has 0 aromatic heterocycles. The first-order valence-corrected chi connectivity index (χ1v) is 12.9. The quantitative estimate of drug-likeness (QED) is 0.132. The highest BCUT2D eigenvalue weighted by Gasteiger charge is 2.16. The van der Waals surface area contributed by atoms with Gasteiger partial charge in [-0.15, -0.1) is 5.11 Å². The molecule has 0 aliphatic rings. The number of benzene rings is 3. The normalized spacial score (nSPS) is 12.8. The molecule has 0 aliphatic carbocycles. The highest BCUT2D eigenvalue weighted by molar-refractivity contribution is 7.46. The van der Waals surface area contributed by atoms with Gasteiger partial charge in [0.1, 0.15) is 0 Å². The molecule has 1 unspecified atom stereocenters. The van der Waals surface area contributed by atoms with E-state index in [0.29, 0.717) is 27.8 Å². The lowest BCUT2D eigenvalue weighted by atomic mass is 10.1. The van der Waals surface area contributed by atoms with Gasteiger partial charge in [-0.05, 0) is 36.4 Å². The Hall–Kier alpha value is -3.02. The van der Waals surface area contributed by atoms with E-state index in [9.17, 15) is 19.2 Å². The lowest BCUT2D eigenvalue weighted by Crippen LogP contribution is -2.30. The van der Waals surface area contributed by atoms with E-state index in [-0.39, 0.29) is 32.0 Å². The molecule has 0 saturated heterocycles. The van der Waals surface area contributed by atoms with E-state index < -0.39 is 21.0 Å². The molecule has 0 radical (unpaired) electrons. The number of hydrogen-bond donors (Lipinski definition) is 3. The van der Waals surface area contributed by atoms with Gasteiger partial charge in [0.05, 0.1) is 34.9 Å².